The summed E-state index contributed by atoms with van der Waals surface area (Å²) in [4.78, 5) is 2.38. The molecule has 2 nitrogen and oxygen atoms in total. The van der Waals surface area contributed by atoms with E-state index in [4.69, 9.17) is 0 Å². The van der Waals surface area contributed by atoms with Crippen molar-refractivity contribution in [2.45, 2.75) is 31.2 Å². The number of hydrogen-bond donors (Lipinski definition) is 1. The van der Waals surface area contributed by atoms with E-state index >= 15 is 0 Å². The van der Waals surface area contributed by atoms with Crippen LogP contribution in [0.4, 0.5) is 4.39 Å². The SMILES string of the molecule is CNC1(CCc2cccc(F)c2)CCCN(C)C1. The average molecular weight is 250 g/mol. The van der Waals surface area contributed by atoms with Gasteiger partial charge in [0, 0.05) is 12.1 Å². The molecule has 1 aromatic rings. The lowest BCUT2D eigenvalue weighted by molar-refractivity contribution is 0.143. The fourth-order valence-electron chi connectivity index (χ4n) is 2.97. The smallest absolute Gasteiger partial charge is 0.123 e. The van der Waals surface area contributed by atoms with Gasteiger partial charge in [-0.25, -0.2) is 4.39 Å². The standard InChI is InChI=1S/C15H23FN2/c1-17-15(8-4-10-18(2)12-15)9-7-13-5-3-6-14(16)11-13/h3,5-6,11,17H,4,7-10,12H2,1-2H3. The van der Waals surface area contributed by atoms with E-state index < -0.39 is 0 Å². The first-order chi connectivity index (χ1) is 8.63. The molecular weight excluding hydrogens is 227 g/mol. The van der Waals surface area contributed by atoms with Crippen LogP contribution in [0.15, 0.2) is 24.3 Å². The summed E-state index contributed by atoms with van der Waals surface area (Å²) < 4.78 is 13.1. The number of piperidine rings is 1. The second kappa shape index (κ2) is 5.81. The quantitative estimate of drug-likeness (QED) is 0.883. The van der Waals surface area contributed by atoms with E-state index in [1.54, 1.807) is 12.1 Å². The maximum Gasteiger partial charge on any atom is 0.123 e. The van der Waals surface area contributed by atoms with Gasteiger partial charge in [0.25, 0.3) is 0 Å². The Bertz CT molecular complexity index is 394. The van der Waals surface area contributed by atoms with Gasteiger partial charge < -0.3 is 10.2 Å². The van der Waals surface area contributed by atoms with E-state index in [0.29, 0.717) is 0 Å². The van der Waals surface area contributed by atoms with Crippen molar-refractivity contribution >= 4 is 0 Å². The van der Waals surface area contributed by atoms with Gasteiger partial charge in [-0.15, -0.1) is 0 Å². The molecule has 100 valence electrons. The second-order valence-corrected chi connectivity index (χ2v) is 5.50. The summed E-state index contributed by atoms with van der Waals surface area (Å²) in [6.07, 6.45) is 4.45. The molecule has 1 aromatic carbocycles. The highest BCUT2D eigenvalue weighted by Crippen LogP contribution is 2.25. The van der Waals surface area contributed by atoms with Crippen LogP contribution >= 0.6 is 0 Å². The maximum atomic E-state index is 13.1. The Kier molecular flexibility index (Phi) is 4.36. The van der Waals surface area contributed by atoms with Crippen LogP contribution in [0.3, 0.4) is 0 Å². The molecule has 1 saturated heterocycles. The number of halogens is 1. The molecule has 1 N–H and O–H groups in total. The summed E-state index contributed by atoms with van der Waals surface area (Å²) in [5, 5.41) is 3.50. The largest absolute Gasteiger partial charge is 0.313 e. The van der Waals surface area contributed by atoms with Crippen molar-refractivity contribution in [2.75, 3.05) is 27.2 Å². The van der Waals surface area contributed by atoms with Crippen molar-refractivity contribution in [3.8, 4) is 0 Å². The highest BCUT2D eigenvalue weighted by atomic mass is 19.1. The molecule has 1 aliphatic heterocycles. The summed E-state index contributed by atoms with van der Waals surface area (Å²) in [5.74, 6) is -0.133. The molecule has 0 amide bonds. The Labute approximate surface area is 109 Å². The van der Waals surface area contributed by atoms with Crippen molar-refractivity contribution in [3.63, 3.8) is 0 Å². The zero-order valence-corrected chi connectivity index (χ0v) is 11.4. The lowest BCUT2D eigenvalue weighted by atomic mass is 9.84. The van der Waals surface area contributed by atoms with Crippen molar-refractivity contribution < 1.29 is 4.39 Å². The van der Waals surface area contributed by atoms with Crippen LogP contribution in [0.25, 0.3) is 0 Å². The molecule has 0 aromatic heterocycles. The van der Waals surface area contributed by atoms with Crippen LogP contribution in [0.5, 0.6) is 0 Å². The van der Waals surface area contributed by atoms with E-state index in [2.05, 4.69) is 17.3 Å². The van der Waals surface area contributed by atoms with Gasteiger partial charge in [0.15, 0.2) is 0 Å². The fourth-order valence-corrected chi connectivity index (χ4v) is 2.97. The van der Waals surface area contributed by atoms with E-state index in [1.165, 1.54) is 25.5 Å². The van der Waals surface area contributed by atoms with Crippen LogP contribution in [0.1, 0.15) is 24.8 Å². The molecule has 1 fully saturated rings. The predicted octanol–water partition coefficient (Wildman–Crippen LogP) is 2.44. The molecule has 0 spiro atoms. The molecule has 3 heteroatoms. The number of rotatable bonds is 4. The summed E-state index contributed by atoms with van der Waals surface area (Å²) >= 11 is 0. The second-order valence-electron chi connectivity index (χ2n) is 5.50. The Hall–Kier alpha value is -0.930. The van der Waals surface area contributed by atoms with Crippen LogP contribution in [0.2, 0.25) is 0 Å². The predicted molar refractivity (Wildman–Crippen MR) is 73.2 cm³/mol. The number of likely N-dealkylation sites (tertiary alicyclic amines) is 1. The first-order valence-electron chi connectivity index (χ1n) is 6.75. The van der Waals surface area contributed by atoms with E-state index in [-0.39, 0.29) is 11.4 Å². The van der Waals surface area contributed by atoms with Crippen LogP contribution in [0, 0.1) is 5.82 Å². The number of nitrogens with zero attached hydrogens (tertiary/aromatic N) is 1. The fraction of sp³-hybridized carbons (Fsp3) is 0.600. The molecule has 0 radical (unpaired) electrons. The van der Waals surface area contributed by atoms with E-state index in [1.807, 2.05) is 13.1 Å². The zero-order valence-electron chi connectivity index (χ0n) is 11.4. The Morgan fingerprint density at radius 3 is 2.94 bits per heavy atom. The normalized spacial score (nSPS) is 25.3. The van der Waals surface area contributed by atoms with Crippen molar-refractivity contribution in [1.82, 2.24) is 10.2 Å². The molecule has 1 heterocycles. The van der Waals surface area contributed by atoms with Gasteiger partial charge >= 0.3 is 0 Å². The minimum atomic E-state index is -0.133. The lowest BCUT2D eigenvalue weighted by Gasteiger charge is -2.41. The topological polar surface area (TPSA) is 15.3 Å². The Morgan fingerprint density at radius 1 is 1.44 bits per heavy atom. The molecule has 18 heavy (non-hydrogen) atoms. The molecule has 1 aliphatic rings. The third kappa shape index (κ3) is 3.30. The zero-order chi connectivity index (χ0) is 13.0. The van der Waals surface area contributed by atoms with Gasteiger partial charge in [0.2, 0.25) is 0 Å². The third-order valence-corrected chi connectivity index (χ3v) is 4.08. The summed E-state index contributed by atoms with van der Waals surface area (Å²) in [6.45, 7) is 2.27. The van der Waals surface area contributed by atoms with Crippen LogP contribution < -0.4 is 5.32 Å². The van der Waals surface area contributed by atoms with Gasteiger partial charge in [-0.3, -0.25) is 0 Å². The van der Waals surface area contributed by atoms with Gasteiger partial charge in [0.1, 0.15) is 5.82 Å². The molecule has 1 unspecified atom stereocenters. The molecule has 1 atom stereocenters. The Balaban J connectivity index is 1.98. The number of hydrogen-bond acceptors (Lipinski definition) is 2. The Morgan fingerprint density at radius 2 is 2.28 bits per heavy atom. The number of likely N-dealkylation sites (N-methyl/N-ethyl adjacent to an activating group) is 2. The molecule has 0 saturated carbocycles. The van der Waals surface area contributed by atoms with Crippen molar-refractivity contribution in [3.05, 3.63) is 35.6 Å². The summed E-state index contributed by atoms with van der Waals surface area (Å²) in [5.41, 5.74) is 1.29. The third-order valence-electron chi connectivity index (χ3n) is 4.08. The molecular formula is C15H23FN2. The van der Waals surface area contributed by atoms with Gasteiger partial charge in [-0.05, 0) is 64.0 Å². The highest BCUT2D eigenvalue weighted by molar-refractivity contribution is 5.17. The van der Waals surface area contributed by atoms with Crippen molar-refractivity contribution in [2.24, 2.45) is 0 Å². The van der Waals surface area contributed by atoms with E-state index in [0.717, 1.165) is 24.9 Å². The number of benzene rings is 1. The number of aryl methyl sites for hydroxylation is 1. The van der Waals surface area contributed by atoms with Gasteiger partial charge in [-0.2, -0.15) is 0 Å². The first-order valence-corrected chi connectivity index (χ1v) is 6.75. The maximum absolute atomic E-state index is 13.1. The molecule has 0 bridgehead atoms. The molecule has 2 rings (SSSR count). The summed E-state index contributed by atoms with van der Waals surface area (Å²) in [6, 6.07) is 6.96. The van der Waals surface area contributed by atoms with Gasteiger partial charge in [-0.1, -0.05) is 12.1 Å². The van der Waals surface area contributed by atoms with Crippen LogP contribution in [-0.4, -0.2) is 37.6 Å². The average Bonchev–Trinajstić information content (AvgIpc) is 2.37. The molecule has 0 aliphatic carbocycles. The monoisotopic (exact) mass is 250 g/mol. The van der Waals surface area contributed by atoms with Crippen molar-refractivity contribution in [1.29, 1.82) is 0 Å². The lowest BCUT2D eigenvalue weighted by Crippen LogP contribution is -2.55. The number of nitrogens with one attached hydrogen (secondary N) is 1. The minimum Gasteiger partial charge on any atom is -0.313 e. The minimum absolute atomic E-state index is 0.133. The van der Waals surface area contributed by atoms with Crippen LogP contribution in [-0.2, 0) is 6.42 Å². The van der Waals surface area contributed by atoms with E-state index in [9.17, 15) is 4.39 Å². The summed E-state index contributed by atoms with van der Waals surface area (Å²) in [7, 11) is 4.22. The highest BCUT2D eigenvalue weighted by Gasteiger charge is 2.32. The van der Waals surface area contributed by atoms with Gasteiger partial charge in [0.05, 0.1) is 0 Å². The first kappa shape index (κ1) is 13.5.